The zero-order chi connectivity index (χ0) is 24.1. The molecule has 0 aliphatic carbocycles. The van der Waals surface area contributed by atoms with E-state index in [1.807, 2.05) is 18.2 Å². The molecule has 0 bridgehead atoms. The summed E-state index contributed by atoms with van der Waals surface area (Å²) in [5.41, 5.74) is 1.29. The summed E-state index contributed by atoms with van der Waals surface area (Å²) in [6.45, 7) is 2.28. The number of ether oxygens (including phenoxy) is 1. The summed E-state index contributed by atoms with van der Waals surface area (Å²) in [5.74, 6) is 0.647. The van der Waals surface area contributed by atoms with Gasteiger partial charge >= 0.3 is 0 Å². The summed E-state index contributed by atoms with van der Waals surface area (Å²) in [6.07, 6.45) is 2.70. The maximum Gasteiger partial charge on any atom is 0.244 e. The standard InChI is InChI=1S/C25H30N4O4S/c1-33-23-8-6-22(7-9-23)28-14-12-21(13-15-28)27-25(30)19-10-16-29(17-11-19)34(31,32)24-5-3-2-4-20(24)18-26/h2-9,19,21H,10-17H2,1H3,(H,27,30). The number of piperidine rings is 2. The predicted molar refractivity (Wildman–Crippen MR) is 129 cm³/mol. The minimum Gasteiger partial charge on any atom is -0.497 e. The summed E-state index contributed by atoms with van der Waals surface area (Å²) >= 11 is 0. The molecule has 0 saturated carbocycles. The van der Waals surface area contributed by atoms with Gasteiger partial charge in [0.05, 0.1) is 17.6 Å². The zero-order valence-electron chi connectivity index (χ0n) is 19.3. The van der Waals surface area contributed by atoms with Crippen molar-refractivity contribution in [3.05, 3.63) is 54.1 Å². The normalized spacial score (nSPS) is 18.3. The zero-order valence-corrected chi connectivity index (χ0v) is 20.1. The number of rotatable bonds is 6. The van der Waals surface area contributed by atoms with Crippen LogP contribution in [-0.2, 0) is 14.8 Å². The first kappa shape index (κ1) is 24.0. The Balaban J connectivity index is 1.27. The maximum absolute atomic E-state index is 13.0. The van der Waals surface area contributed by atoms with E-state index in [-0.39, 0.29) is 41.4 Å². The Morgan fingerprint density at radius 2 is 1.65 bits per heavy atom. The Morgan fingerprint density at radius 1 is 1.00 bits per heavy atom. The third kappa shape index (κ3) is 5.18. The molecule has 0 spiro atoms. The van der Waals surface area contributed by atoms with Gasteiger partial charge in [-0.3, -0.25) is 4.79 Å². The van der Waals surface area contributed by atoms with Gasteiger partial charge in [-0.1, -0.05) is 12.1 Å². The molecule has 34 heavy (non-hydrogen) atoms. The minimum absolute atomic E-state index is 0.0115. The second-order valence-electron chi connectivity index (χ2n) is 8.75. The number of carbonyl (C=O) groups is 1. The van der Waals surface area contributed by atoms with Crippen LogP contribution >= 0.6 is 0 Å². The quantitative estimate of drug-likeness (QED) is 0.679. The van der Waals surface area contributed by atoms with E-state index in [0.29, 0.717) is 12.8 Å². The van der Waals surface area contributed by atoms with E-state index in [1.165, 1.54) is 16.4 Å². The number of methoxy groups -OCH3 is 1. The van der Waals surface area contributed by atoms with Gasteiger partial charge in [0.25, 0.3) is 0 Å². The van der Waals surface area contributed by atoms with Crippen molar-refractivity contribution in [2.75, 3.05) is 38.2 Å². The summed E-state index contributed by atoms with van der Waals surface area (Å²) in [4.78, 5) is 15.2. The van der Waals surface area contributed by atoms with Crippen LogP contribution < -0.4 is 15.0 Å². The summed E-state index contributed by atoms with van der Waals surface area (Å²) in [5, 5.41) is 12.4. The summed E-state index contributed by atoms with van der Waals surface area (Å²) in [7, 11) is -2.10. The van der Waals surface area contributed by atoms with Crippen LogP contribution in [-0.4, -0.2) is 58.0 Å². The number of nitrogens with zero attached hydrogens (tertiary/aromatic N) is 3. The van der Waals surface area contributed by atoms with Crippen LogP contribution in [0.3, 0.4) is 0 Å². The molecule has 0 unspecified atom stereocenters. The van der Waals surface area contributed by atoms with E-state index in [4.69, 9.17) is 4.74 Å². The lowest BCUT2D eigenvalue weighted by molar-refractivity contribution is -0.127. The lowest BCUT2D eigenvalue weighted by atomic mass is 9.95. The van der Waals surface area contributed by atoms with Gasteiger partial charge in [-0.25, -0.2) is 8.42 Å². The molecular formula is C25H30N4O4S. The average Bonchev–Trinajstić information content (AvgIpc) is 2.89. The number of amides is 1. The molecule has 2 aromatic carbocycles. The molecule has 2 aromatic rings. The van der Waals surface area contributed by atoms with Crippen molar-refractivity contribution in [2.45, 2.75) is 36.6 Å². The summed E-state index contributed by atoms with van der Waals surface area (Å²) < 4.78 is 32.6. The van der Waals surface area contributed by atoms with Gasteiger partial charge < -0.3 is 15.0 Å². The predicted octanol–water partition coefficient (Wildman–Crippen LogP) is 2.75. The Hall–Kier alpha value is -3.09. The van der Waals surface area contributed by atoms with Crippen LogP contribution in [0.4, 0.5) is 5.69 Å². The Kier molecular flexibility index (Phi) is 7.39. The van der Waals surface area contributed by atoms with Crippen molar-refractivity contribution in [2.24, 2.45) is 5.92 Å². The van der Waals surface area contributed by atoms with Crippen LogP contribution in [0.1, 0.15) is 31.2 Å². The van der Waals surface area contributed by atoms with Crippen molar-refractivity contribution in [1.82, 2.24) is 9.62 Å². The first-order valence-corrected chi connectivity index (χ1v) is 13.0. The van der Waals surface area contributed by atoms with E-state index < -0.39 is 10.0 Å². The van der Waals surface area contributed by atoms with Crippen molar-refractivity contribution in [1.29, 1.82) is 5.26 Å². The van der Waals surface area contributed by atoms with E-state index in [0.717, 1.165) is 37.4 Å². The molecule has 2 aliphatic rings. The molecule has 9 heteroatoms. The maximum atomic E-state index is 13.0. The molecule has 180 valence electrons. The minimum atomic E-state index is -3.75. The molecular weight excluding hydrogens is 452 g/mol. The highest BCUT2D eigenvalue weighted by molar-refractivity contribution is 7.89. The number of sulfonamides is 1. The molecule has 8 nitrogen and oxygen atoms in total. The van der Waals surface area contributed by atoms with Crippen molar-refractivity contribution in [3.8, 4) is 11.8 Å². The highest BCUT2D eigenvalue weighted by Gasteiger charge is 2.34. The van der Waals surface area contributed by atoms with Crippen LogP contribution in [0.2, 0.25) is 0 Å². The monoisotopic (exact) mass is 482 g/mol. The Morgan fingerprint density at radius 3 is 2.26 bits per heavy atom. The van der Waals surface area contributed by atoms with Gasteiger partial charge in [0.1, 0.15) is 11.8 Å². The second-order valence-corrected chi connectivity index (χ2v) is 10.7. The highest BCUT2D eigenvalue weighted by atomic mass is 32.2. The number of hydrogen-bond donors (Lipinski definition) is 1. The fraction of sp³-hybridized carbons (Fsp3) is 0.440. The molecule has 4 rings (SSSR count). The molecule has 2 heterocycles. The van der Waals surface area contributed by atoms with Crippen molar-refractivity contribution < 1.29 is 17.9 Å². The van der Waals surface area contributed by atoms with Crippen molar-refractivity contribution >= 4 is 21.6 Å². The largest absolute Gasteiger partial charge is 0.497 e. The third-order valence-electron chi connectivity index (χ3n) is 6.73. The Bertz CT molecular complexity index is 1140. The Labute approximate surface area is 201 Å². The van der Waals surface area contributed by atoms with E-state index in [2.05, 4.69) is 22.3 Å². The molecule has 0 aromatic heterocycles. The number of nitrogens with one attached hydrogen (secondary N) is 1. The van der Waals surface area contributed by atoms with Gasteiger partial charge in [-0.15, -0.1) is 0 Å². The van der Waals surface area contributed by atoms with Gasteiger partial charge in [0.15, 0.2) is 0 Å². The van der Waals surface area contributed by atoms with Crippen LogP contribution in [0.5, 0.6) is 5.75 Å². The number of benzene rings is 2. The number of carbonyl (C=O) groups excluding carboxylic acids is 1. The van der Waals surface area contributed by atoms with Crippen LogP contribution in [0.15, 0.2) is 53.4 Å². The van der Waals surface area contributed by atoms with Gasteiger partial charge in [0, 0.05) is 43.8 Å². The number of nitriles is 1. The topological polar surface area (TPSA) is 103 Å². The average molecular weight is 483 g/mol. The molecule has 1 amide bonds. The third-order valence-corrected chi connectivity index (χ3v) is 8.69. The smallest absolute Gasteiger partial charge is 0.244 e. The highest BCUT2D eigenvalue weighted by Crippen LogP contribution is 2.27. The van der Waals surface area contributed by atoms with E-state index in [9.17, 15) is 18.5 Å². The van der Waals surface area contributed by atoms with Gasteiger partial charge in [-0.05, 0) is 62.1 Å². The van der Waals surface area contributed by atoms with Crippen LogP contribution in [0, 0.1) is 17.2 Å². The lowest BCUT2D eigenvalue weighted by Gasteiger charge is -2.35. The first-order valence-electron chi connectivity index (χ1n) is 11.6. The SMILES string of the molecule is COc1ccc(N2CCC(NC(=O)C3CCN(S(=O)(=O)c4ccccc4C#N)CC3)CC2)cc1. The van der Waals surface area contributed by atoms with E-state index >= 15 is 0 Å². The molecule has 0 radical (unpaired) electrons. The molecule has 2 aliphatic heterocycles. The van der Waals surface area contributed by atoms with Gasteiger partial charge in [-0.2, -0.15) is 9.57 Å². The van der Waals surface area contributed by atoms with Crippen molar-refractivity contribution in [3.63, 3.8) is 0 Å². The van der Waals surface area contributed by atoms with Crippen LogP contribution in [0.25, 0.3) is 0 Å². The summed E-state index contributed by atoms with van der Waals surface area (Å²) in [6, 6.07) is 16.3. The van der Waals surface area contributed by atoms with E-state index in [1.54, 1.807) is 19.2 Å². The number of anilines is 1. The first-order chi connectivity index (χ1) is 16.4. The molecule has 2 saturated heterocycles. The number of hydrogen-bond acceptors (Lipinski definition) is 6. The molecule has 0 atom stereocenters. The fourth-order valence-corrected chi connectivity index (χ4v) is 6.29. The molecule has 1 N–H and O–H groups in total. The molecule has 2 fully saturated rings. The van der Waals surface area contributed by atoms with Gasteiger partial charge in [0.2, 0.25) is 15.9 Å². The lowest BCUT2D eigenvalue weighted by Crippen LogP contribution is -2.48. The fourth-order valence-electron chi connectivity index (χ4n) is 4.68. The second kappa shape index (κ2) is 10.5.